The summed E-state index contributed by atoms with van der Waals surface area (Å²) < 4.78 is 19.2. The number of furan rings is 1. The summed E-state index contributed by atoms with van der Waals surface area (Å²) in [7, 11) is 0. The van der Waals surface area contributed by atoms with E-state index in [9.17, 15) is 14.0 Å². The number of halogens is 1. The van der Waals surface area contributed by atoms with E-state index >= 15 is 0 Å². The van der Waals surface area contributed by atoms with Crippen molar-refractivity contribution in [2.75, 3.05) is 39.3 Å². The zero-order chi connectivity index (χ0) is 21.5. The summed E-state index contributed by atoms with van der Waals surface area (Å²) in [5, 5.41) is 0.639. The fraction of sp³-hybridized carbons (Fsp3) is 0.333. The molecule has 2 saturated heterocycles. The molecule has 31 heavy (non-hydrogen) atoms. The number of fused-ring (bicyclic) bond motifs is 1. The van der Waals surface area contributed by atoms with Crippen LogP contribution in [0.25, 0.3) is 11.0 Å². The molecule has 0 aliphatic carbocycles. The molecule has 160 valence electrons. The number of likely N-dealkylation sites (tertiary alicyclic amines) is 1. The summed E-state index contributed by atoms with van der Waals surface area (Å²) in [6, 6.07) is 13.9. The second-order valence-electron chi connectivity index (χ2n) is 8.25. The zero-order valence-corrected chi connectivity index (χ0v) is 17.4. The molecule has 2 aliphatic heterocycles. The highest BCUT2D eigenvalue weighted by Crippen LogP contribution is 2.29. The van der Waals surface area contributed by atoms with Crippen molar-refractivity contribution in [1.29, 1.82) is 0 Å². The summed E-state index contributed by atoms with van der Waals surface area (Å²) >= 11 is 0. The topological polar surface area (TPSA) is 57.0 Å². The maximum Gasteiger partial charge on any atom is 0.289 e. The molecule has 3 heterocycles. The number of benzene rings is 2. The first kappa shape index (κ1) is 19.8. The molecule has 5 rings (SSSR count). The Kier molecular flexibility index (Phi) is 4.98. The number of hydrogen-bond acceptors (Lipinski definition) is 4. The van der Waals surface area contributed by atoms with Crippen molar-refractivity contribution in [3.8, 4) is 0 Å². The monoisotopic (exact) mass is 421 g/mol. The van der Waals surface area contributed by atoms with Gasteiger partial charge in [0.25, 0.3) is 11.8 Å². The van der Waals surface area contributed by atoms with Crippen LogP contribution in [0.5, 0.6) is 0 Å². The molecule has 0 unspecified atom stereocenters. The lowest BCUT2D eigenvalue weighted by Crippen LogP contribution is -2.64. The quantitative estimate of drug-likeness (QED) is 0.652. The molecule has 2 amide bonds. The molecule has 2 fully saturated rings. The van der Waals surface area contributed by atoms with Gasteiger partial charge in [0.15, 0.2) is 5.76 Å². The van der Waals surface area contributed by atoms with Gasteiger partial charge >= 0.3 is 0 Å². The number of rotatable bonds is 3. The third-order valence-corrected chi connectivity index (χ3v) is 6.38. The van der Waals surface area contributed by atoms with E-state index in [0.29, 0.717) is 48.8 Å². The molecule has 6 nitrogen and oxygen atoms in total. The van der Waals surface area contributed by atoms with Crippen LogP contribution in [0.4, 0.5) is 4.39 Å². The van der Waals surface area contributed by atoms with E-state index in [2.05, 4.69) is 4.90 Å². The Morgan fingerprint density at radius 1 is 0.935 bits per heavy atom. The number of nitrogens with zero attached hydrogens (tertiary/aromatic N) is 3. The predicted octanol–water partition coefficient (Wildman–Crippen LogP) is 3.16. The van der Waals surface area contributed by atoms with Crippen LogP contribution in [0, 0.1) is 12.7 Å². The minimum Gasteiger partial charge on any atom is -0.451 e. The lowest BCUT2D eigenvalue weighted by Gasteiger charge is -2.47. The van der Waals surface area contributed by atoms with Crippen LogP contribution >= 0.6 is 0 Å². The predicted molar refractivity (Wildman–Crippen MR) is 115 cm³/mol. The second kappa shape index (κ2) is 7.81. The molecule has 0 bridgehead atoms. The maximum atomic E-state index is 13.5. The molecule has 0 radical (unpaired) electrons. The Bertz CT molecular complexity index is 1130. The number of carbonyl (C=O) groups excluding carboxylic acids is 2. The van der Waals surface area contributed by atoms with Gasteiger partial charge < -0.3 is 14.2 Å². The van der Waals surface area contributed by atoms with Crippen LogP contribution in [0.1, 0.15) is 26.5 Å². The Labute approximate surface area is 179 Å². The van der Waals surface area contributed by atoms with E-state index in [-0.39, 0.29) is 23.4 Å². The van der Waals surface area contributed by atoms with Crippen molar-refractivity contribution in [2.45, 2.75) is 13.0 Å². The van der Waals surface area contributed by atoms with Crippen molar-refractivity contribution >= 4 is 22.8 Å². The van der Waals surface area contributed by atoms with Gasteiger partial charge in [-0.15, -0.1) is 0 Å². The third-order valence-electron chi connectivity index (χ3n) is 6.38. The van der Waals surface area contributed by atoms with Crippen molar-refractivity contribution in [2.24, 2.45) is 0 Å². The fourth-order valence-corrected chi connectivity index (χ4v) is 4.45. The minimum absolute atomic E-state index is 0.0717. The largest absolute Gasteiger partial charge is 0.451 e. The summed E-state index contributed by atoms with van der Waals surface area (Å²) in [5.41, 5.74) is 1.92. The van der Waals surface area contributed by atoms with Crippen molar-refractivity contribution in [3.05, 3.63) is 71.2 Å². The number of amides is 2. The zero-order valence-electron chi connectivity index (χ0n) is 17.4. The molecule has 1 aromatic heterocycles. The van der Waals surface area contributed by atoms with Gasteiger partial charge in [0.1, 0.15) is 11.4 Å². The molecule has 2 aliphatic rings. The Balaban J connectivity index is 1.17. The molecule has 3 aromatic rings. The summed E-state index contributed by atoms with van der Waals surface area (Å²) in [5.74, 6) is -0.132. The van der Waals surface area contributed by atoms with E-state index in [4.69, 9.17) is 4.42 Å². The number of aryl methyl sites for hydroxylation is 1. The first-order valence-electron chi connectivity index (χ1n) is 10.6. The van der Waals surface area contributed by atoms with Crippen LogP contribution in [-0.2, 0) is 0 Å². The van der Waals surface area contributed by atoms with Crippen LogP contribution in [-0.4, -0.2) is 71.8 Å². The molecule has 0 atom stereocenters. The lowest BCUT2D eigenvalue weighted by atomic mass is 10.0. The highest BCUT2D eigenvalue weighted by Gasteiger charge is 2.38. The van der Waals surface area contributed by atoms with Crippen LogP contribution in [0.2, 0.25) is 0 Å². The van der Waals surface area contributed by atoms with Gasteiger partial charge in [-0.2, -0.15) is 0 Å². The van der Waals surface area contributed by atoms with E-state index in [1.54, 1.807) is 17.9 Å². The highest BCUT2D eigenvalue weighted by atomic mass is 19.1. The first-order chi connectivity index (χ1) is 15.0. The van der Waals surface area contributed by atoms with Gasteiger partial charge in [-0.05, 0) is 37.3 Å². The molecule has 0 saturated carbocycles. The molecule has 2 aromatic carbocycles. The summed E-state index contributed by atoms with van der Waals surface area (Å²) in [6.07, 6.45) is 0. The Morgan fingerprint density at radius 2 is 1.65 bits per heavy atom. The molecule has 0 spiro atoms. The molecule has 0 N–H and O–H groups in total. The van der Waals surface area contributed by atoms with Crippen molar-refractivity contribution in [3.63, 3.8) is 0 Å². The van der Waals surface area contributed by atoms with Gasteiger partial charge in [0.05, 0.1) is 0 Å². The standard InChI is InChI=1S/C24H24FN3O3/c1-16-20-13-18(25)7-8-21(20)31-22(16)24(30)28-14-19(15-28)26-9-11-27(12-10-26)23(29)17-5-3-2-4-6-17/h2-8,13,19H,9-12,14-15H2,1H3. The van der Waals surface area contributed by atoms with Crippen LogP contribution in [0.15, 0.2) is 52.9 Å². The average Bonchev–Trinajstić information content (AvgIpc) is 3.09. The smallest absolute Gasteiger partial charge is 0.289 e. The normalized spacial score (nSPS) is 17.7. The van der Waals surface area contributed by atoms with Gasteiger partial charge in [-0.1, -0.05) is 18.2 Å². The summed E-state index contributed by atoms with van der Waals surface area (Å²) in [4.78, 5) is 31.5. The maximum absolute atomic E-state index is 13.5. The van der Waals surface area contributed by atoms with Crippen molar-refractivity contribution < 1.29 is 18.4 Å². The van der Waals surface area contributed by atoms with E-state index < -0.39 is 0 Å². The van der Waals surface area contributed by atoms with E-state index in [0.717, 1.165) is 18.7 Å². The second-order valence-corrected chi connectivity index (χ2v) is 8.25. The number of hydrogen-bond donors (Lipinski definition) is 0. The van der Waals surface area contributed by atoms with E-state index in [1.165, 1.54) is 12.1 Å². The molecular weight excluding hydrogens is 397 g/mol. The number of piperazine rings is 1. The lowest BCUT2D eigenvalue weighted by molar-refractivity contribution is 0.00704. The number of carbonyl (C=O) groups is 2. The first-order valence-corrected chi connectivity index (χ1v) is 10.6. The molecular formula is C24H24FN3O3. The average molecular weight is 421 g/mol. The van der Waals surface area contributed by atoms with Crippen molar-refractivity contribution in [1.82, 2.24) is 14.7 Å². The van der Waals surface area contributed by atoms with Gasteiger partial charge in [0, 0.05) is 61.8 Å². The van der Waals surface area contributed by atoms with Gasteiger partial charge in [-0.25, -0.2) is 4.39 Å². The minimum atomic E-state index is -0.343. The molecule has 7 heteroatoms. The Morgan fingerprint density at radius 3 is 2.35 bits per heavy atom. The Hall–Kier alpha value is -3.19. The third kappa shape index (κ3) is 3.59. The van der Waals surface area contributed by atoms with Crippen LogP contribution < -0.4 is 0 Å². The summed E-state index contributed by atoms with van der Waals surface area (Å²) in [6.45, 7) is 6.03. The van der Waals surface area contributed by atoms with E-state index in [1.807, 2.05) is 35.2 Å². The SMILES string of the molecule is Cc1c(C(=O)N2CC(N3CCN(C(=O)c4ccccc4)CC3)C2)oc2ccc(F)cc12. The van der Waals surface area contributed by atoms with Crippen LogP contribution in [0.3, 0.4) is 0 Å². The van der Waals surface area contributed by atoms with Gasteiger partial charge in [0.2, 0.25) is 0 Å². The highest BCUT2D eigenvalue weighted by molar-refractivity contribution is 5.99. The van der Waals surface area contributed by atoms with Gasteiger partial charge in [-0.3, -0.25) is 14.5 Å². The fourth-order valence-electron chi connectivity index (χ4n) is 4.45.